The third-order valence-corrected chi connectivity index (χ3v) is 12.1. The number of aliphatic hydroxyl groups is 1. The Labute approximate surface area is 214 Å². The van der Waals surface area contributed by atoms with Gasteiger partial charge in [0.15, 0.2) is 9.84 Å². The number of hydrogen-bond donors (Lipinski definition) is 2. The van der Waals surface area contributed by atoms with Crippen molar-refractivity contribution in [3.63, 3.8) is 0 Å². The molecule has 1 fully saturated rings. The van der Waals surface area contributed by atoms with Crippen LogP contribution in [0.2, 0.25) is 0 Å². The van der Waals surface area contributed by atoms with E-state index < -0.39 is 53.5 Å². The predicted octanol–water partition coefficient (Wildman–Crippen LogP) is 1.66. The molecule has 0 aromatic heterocycles. The van der Waals surface area contributed by atoms with Crippen molar-refractivity contribution in [3.05, 3.63) is 57.6 Å². The van der Waals surface area contributed by atoms with E-state index >= 15 is 0 Å². The second-order valence-electron chi connectivity index (χ2n) is 9.63. The molecule has 1 aliphatic rings. The minimum Gasteiger partial charge on any atom is -0.390 e. The molecular weight excluding hydrogens is 524 g/mol. The van der Waals surface area contributed by atoms with E-state index in [1.807, 2.05) is 13.8 Å². The first-order chi connectivity index (χ1) is 16.5. The van der Waals surface area contributed by atoms with Crippen LogP contribution in [0.25, 0.3) is 0 Å². The van der Waals surface area contributed by atoms with Crippen LogP contribution in [0.3, 0.4) is 0 Å². The largest absolute Gasteiger partial charge is 0.390 e. The van der Waals surface area contributed by atoms with E-state index in [-0.39, 0.29) is 22.9 Å². The Balaban J connectivity index is 1.96. The summed E-state index contributed by atoms with van der Waals surface area (Å²) in [5.41, 5.74) is 4.42. The van der Waals surface area contributed by atoms with Gasteiger partial charge in [-0.15, -0.1) is 0 Å². The minimum absolute atomic E-state index is 0.00467. The average molecular weight is 559 g/mol. The molecular formula is C24H34N2O7S3. The summed E-state index contributed by atoms with van der Waals surface area (Å²) in [6.07, 6.45) is -1.42. The monoisotopic (exact) mass is 558 g/mol. The Hall–Kier alpha value is -1.83. The number of hydrogen-bond acceptors (Lipinski definition) is 7. The van der Waals surface area contributed by atoms with Gasteiger partial charge in [0.2, 0.25) is 20.0 Å². The highest BCUT2D eigenvalue weighted by molar-refractivity contribution is 7.92. The molecule has 0 aliphatic carbocycles. The molecule has 36 heavy (non-hydrogen) atoms. The lowest BCUT2D eigenvalue weighted by Crippen LogP contribution is -2.49. The summed E-state index contributed by atoms with van der Waals surface area (Å²) in [5.74, 6) is -1.09. The highest BCUT2D eigenvalue weighted by atomic mass is 32.2. The van der Waals surface area contributed by atoms with Crippen molar-refractivity contribution in [3.8, 4) is 0 Å². The topological polar surface area (TPSA) is 138 Å². The summed E-state index contributed by atoms with van der Waals surface area (Å²) in [6.45, 7) is 9.97. The third-order valence-electron chi connectivity index (χ3n) is 6.75. The Bertz CT molecular complexity index is 1500. The van der Waals surface area contributed by atoms with Crippen LogP contribution in [-0.2, 0) is 29.9 Å². The van der Waals surface area contributed by atoms with Gasteiger partial charge in [-0.1, -0.05) is 12.1 Å². The Morgan fingerprint density at radius 3 is 1.78 bits per heavy atom. The number of nitrogens with zero attached hydrogens (tertiary/aromatic N) is 1. The van der Waals surface area contributed by atoms with E-state index in [2.05, 4.69) is 4.72 Å². The van der Waals surface area contributed by atoms with Crippen molar-refractivity contribution in [2.45, 2.75) is 63.5 Å². The summed E-state index contributed by atoms with van der Waals surface area (Å²) < 4.78 is 81.4. The zero-order valence-electron chi connectivity index (χ0n) is 21.4. The SMILES string of the molecule is Cc1cc(C)c(S(=O)(=O)NCCN([C@@H]2CS(=O)(=O)C[C@@H]2O)S(=O)(=O)c2cc(C)c(C)cc2C)cc1C. The van der Waals surface area contributed by atoms with Gasteiger partial charge in [-0.25, -0.2) is 30.0 Å². The maximum atomic E-state index is 13.8. The Kier molecular flexibility index (Phi) is 8.10. The van der Waals surface area contributed by atoms with Crippen LogP contribution >= 0.6 is 0 Å². The van der Waals surface area contributed by atoms with Gasteiger partial charge in [0.1, 0.15) is 0 Å². The molecule has 0 unspecified atom stereocenters. The van der Waals surface area contributed by atoms with Crippen molar-refractivity contribution >= 4 is 29.9 Å². The third kappa shape index (κ3) is 5.84. The lowest BCUT2D eigenvalue weighted by Gasteiger charge is -2.30. The quantitative estimate of drug-likeness (QED) is 0.503. The van der Waals surface area contributed by atoms with Crippen LogP contribution in [-0.4, -0.2) is 71.4 Å². The molecule has 0 spiro atoms. The summed E-state index contributed by atoms with van der Waals surface area (Å²) in [7, 11) is -11.9. The smallest absolute Gasteiger partial charge is 0.243 e. The van der Waals surface area contributed by atoms with Gasteiger partial charge in [0.25, 0.3) is 0 Å². The highest BCUT2D eigenvalue weighted by Crippen LogP contribution is 2.29. The van der Waals surface area contributed by atoms with Gasteiger partial charge in [-0.2, -0.15) is 4.31 Å². The van der Waals surface area contributed by atoms with Gasteiger partial charge in [-0.3, -0.25) is 0 Å². The summed E-state index contributed by atoms with van der Waals surface area (Å²) in [4.78, 5) is 0.0865. The molecule has 2 atom stereocenters. The van der Waals surface area contributed by atoms with E-state index in [4.69, 9.17) is 0 Å². The van der Waals surface area contributed by atoms with E-state index in [1.54, 1.807) is 45.9 Å². The summed E-state index contributed by atoms with van der Waals surface area (Å²) >= 11 is 0. The van der Waals surface area contributed by atoms with Crippen molar-refractivity contribution in [2.75, 3.05) is 24.6 Å². The number of aliphatic hydroxyl groups excluding tert-OH is 1. The van der Waals surface area contributed by atoms with Gasteiger partial charge in [0.05, 0.1) is 33.4 Å². The fourth-order valence-corrected chi connectivity index (χ4v) is 9.65. The molecule has 1 aliphatic heterocycles. The maximum absolute atomic E-state index is 13.8. The molecule has 0 radical (unpaired) electrons. The standard InChI is InChI=1S/C24H34N2O7S3/c1-15-9-19(5)23(11-17(15)3)35(30,31)25-7-8-26(21-13-34(28,29)14-22(21)27)36(32,33)24-12-18(4)16(2)10-20(24)6/h9-12,21-22,25,27H,7-8,13-14H2,1-6H3/t21-,22+/m1/s1. The Morgan fingerprint density at radius 1 is 0.806 bits per heavy atom. The van der Waals surface area contributed by atoms with Crippen molar-refractivity contribution < 1.29 is 30.4 Å². The van der Waals surface area contributed by atoms with Gasteiger partial charge in [0, 0.05) is 13.1 Å². The minimum atomic E-state index is -4.27. The predicted molar refractivity (Wildman–Crippen MR) is 139 cm³/mol. The molecule has 2 aromatic carbocycles. The first kappa shape index (κ1) is 28.7. The molecule has 0 amide bonds. The molecule has 0 saturated carbocycles. The lowest BCUT2D eigenvalue weighted by atomic mass is 10.1. The Morgan fingerprint density at radius 2 is 1.28 bits per heavy atom. The number of sulfone groups is 1. The molecule has 1 saturated heterocycles. The molecule has 1 heterocycles. The molecule has 2 aromatic rings. The van der Waals surface area contributed by atoms with Gasteiger partial charge >= 0.3 is 0 Å². The van der Waals surface area contributed by atoms with Crippen LogP contribution in [0.1, 0.15) is 33.4 Å². The number of sulfonamides is 2. The van der Waals surface area contributed by atoms with E-state index in [0.29, 0.717) is 11.1 Å². The van der Waals surface area contributed by atoms with Crippen molar-refractivity contribution in [1.29, 1.82) is 0 Å². The fraction of sp³-hybridized carbons (Fsp3) is 0.500. The molecule has 3 rings (SSSR count). The highest BCUT2D eigenvalue weighted by Gasteiger charge is 2.45. The van der Waals surface area contributed by atoms with Crippen molar-refractivity contribution in [2.24, 2.45) is 0 Å². The first-order valence-electron chi connectivity index (χ1n) is 11.5. The van der Waals surface area contributed by atoms with Crippen molar-refractivity contribution in [1.82, 2.24) is 9.03 Å². The zero-order chi connectivity index (χ0) is 27.2. The zero-order valence-corrected chi connectivity index (χ0v) is 23.8. The number of rotatable bonds is 8. The normalized spacial score (nSPS) is 20.2. The second-order valence-corrected chi connectivity index (χ2v) is 15.4. The van der Waals surface area contributed by atoms with E-state index in [1.165, 1.54) is 6.07 Å². The number of benzene rings is 2. The number of nitrogens with one attached hydrogen (secondary N) is 1. The summed E-state index contributed by atoms with van der Waals surface area (Å²) in [6, 6.07) is 5.35. The molecule has 200 valence electrons. The number of aryl methyl sites for hydroxylation is 6. The van der Waals surface area contributed by atoms with Gasteiger partial charge < -0.3 is 5.11 Å². The molecule has 2 N–H and O–H groups in total. The maximum Gasteiger partial charge on any atom is 0.243 e. The van der Waals surface area contributed by atoms with E-state index in [9.17, 15) is 30.4 Å². The lowest BCUT2D eigenvalue weighted by molar-refractivity contribution is 0.128. The molecule has 9 nitrogen and oxygen atoms in total. The fourth-order valence-electron chi connectivity index (χ4n) is 4.48. The molecule has 0 bridgehead atoms. The van der Waals surface area contributed by atoms with Crippen LogP contribution in [0, 0.1) is 41.5 Å². The second kappa shape index (κ2) is 10.1. The van der Waals surface area contributed by atoms with Crippen LogP contribution in [0.5, 0.6) is 0 Å². The van der Waals surface area contributed by atoms with Crippen LogP contribution in [0.4, 0.5) is 0 Å². The van der Waals surface area contributed by atoms with Crippen LogP contribution in [0.15, 0.2) is 34.1 Å². The van der Waals surface area contributed by atoms with Gasteiger partial charge in [-0.05, 0) is 87.1 Å². The first-order valence-corrected chi connectivity index (χ1v) is 16.3. The average Bonchev–Trinajstić information content (AvgIpc) is 3.02. The molecule has 12 heteroatoms. The van der Waals surface area contributed by atoms with Crippen LogP contribution < -0.4 is 4.72 Å². The summed E-state index contributed by atoms with van der Waals surface area (Å²) in [5, 5.41) is 10.5. The van der Waals surface area contributed by atoms with E-state index in [0.717, 1.165) is 26.6 Å².